The summed E-state index contributed by atoms with van der Waals surface area (Å²) in [5.74, 6) is -0.907. The molecule has 0 atom stereocenters. The maximum absolute atomic E-state index is 11.2. The second-order valence-corrected chi connectivity index (χ2v) is 3.98. The number of hydrogen-bond acceptors (Lipinski definition) is 4. The van der Waals surface area contributed by atoms with Crippen LogP contribution in [0.4, 0.5) is 0 Å². The van der Waals surface area contributed by atoms with Gasteiger partial charge in [0, 0.05) is 6.08 Å². The molecule has 0 aliphatic carbocycles. The van der Waals surface area contributed by atoms with E-state index in [1.165, 1.54) is 6.08 Å². The highest BCUT2D eigenvalue weighted by Gasteiger charge is 2.44. The summed E-state index contributed by atoms with van der Waals surface area (Å²) < 4.78 is 9.76. The van der Waals surface area contributed by atoms with Gasteiger partial charge in [-0.1, -0.05) is 13.3 Å². The van der Waals surface area contributed by atoms with Crippen molar-refractivity contribution >= 4 is 11.9 Å². The van der Waals surface area contributed by atoms with Crippen molar-refractivity contribution in [3.05, 3.63) is 11.6 Å². The molecule has 0 radical (unpaired) electrons. The Hall–Kier alpha value is -1.32. The fourth-order valence-electron chi connectivity index (χ4n) is 1.25. The molecule has 0 aromatic rings. The van der Waals surface area contributed by atoms with Crippen molar-refractivity contribution in [2.24, 2.45) is 0 Å². The lowest BCUT2D eigenvalue weighted by molar-refractivity contribution is -0.167. The van der Waals surface area contributed by atoms with Gasteiger partial charge >= 0.3 is 11.9 Å². The van der Waals surface area contributed by atoms with Crippen LogP contribution in [-0.4, -0.2) is 24.1 Å². The van der Waals surface area contributed by atoms with E-state index in [9.17, 15) is 9.59 Å². The molecule has 0 aromatic carbocycles. The van der Waals surface area contributed by atoms with Crippen LogP contribution in [0.1, 0.15) is 33.6 Å². The van der Waals surface area contributed by atoms with Crippen LogP contribution in [0.3, 0.4) is 0 Å². The van der Waals surface area contributed by atoms with Gasteiger partial charge in [-0.25, -0.2) is 9.59 Å². The lowest BCUT2D eigenvalue weighted by atomic mass is 9.92. The summed E-state index contributed by atoms with van der Waals surface area (Å²) in [5.41, 5.74) is -0.273. The van der Waals surface area contributed by atoms with E-state index in [1.807, 2.05) is 6.92 Å². The Labute approximate surface area is 89.2 Å². The van der Waals surface area contributed by atoms with E-state index in [4.69, 9.17) is 9.47 Å². The zero-order chi connectivity index (χ0) is 11.5. The summed E-state index contributed by atoms with van der Waals surface area (Å²) in [7, 11) is 0. The Morgan fingerprint density at radius 3 is 2.67 bits per heavy atom. The van der Waals surface area contributed by atoms with Crippen molar-refractivity contribution in [2.45, 2.75) is 39.2 Å². The molecule has 0 N–H and O–H groups in total. The van der Waals surface area contributed by atoms with Gasteiger partial charge in [-0.05, 0) is 20.3 Å². The Balaban J connectivity index is 2.48. The molecule has 15 heavy (non-hydrogen) atoms. The molecule has 0 spiro atoms. The standard InChI is InChI=1S/C11H16O4/c1-4-5-6-14-9(12)7-8-10(13)15-11(8,2)3/h7H,4-6H2,1-3H3/b8-7+. The number of carbonyl (C=O) groups excluding carboxylic acids is 2. The van der Waals surface area contributed by atoms with E-state index in [1.54, 1.807) is 13.8 Å². The first-order valence-corrected chi connectivity index (χ1v) is 5.09. The van der Waals surface area contributed by atoms with Crippen molar-refractivity contribution in [1.29, 1.82) is 0 Å². The van der Waals surface area contributed by atoms with Crippen LogP contribution >= 0.6 is 0 Å². The van der Waals surface area contributed by atoms with Crippen molar-refractivity contribution in [3.8, 4) is 0 Å². The van der Waals surface area contributed by atoms with Gasteiger partial charge in [0.1, 0.15) is 5.60 Å². The zero-order valence-electron chi connectivity index (χ0n) is 9.33. The van der Waals surface area contributed by atoms with Crippen LogP contribution in [0.5, 0.6) is 0 Å². The number of unbranched alkanes of at least 4 members (excludes halogenated alkanes) is 1. The molecule has 0 saturated carbocycles. The smallest absolute Gasteiger partial charge is 0.339 e. The number of hydrogen-bond donors (Lipinski definition) is 0. The van der Waals surface area contributed by atoms with Crippen LogP contribution in [0.15, 0.2) is 11.6 Å². The summed E-state index contributed by atoms with van der Waals surface area (Å²) in [6, 6.07) is 0. The van der Waals surface area contributed by atoms with E-state index in [-0.39, 0.29) is 0 Å². The first kappa shape index (κ1) is 11.8. The third kappa shape index (κ3) is 2.81. The normalized spacial score (nSPS) is 20.7. The van der Waals surface area contributed by atoms with E-state index in [0.717, 1.165) is 12.8 Å². The molecule has 4 nitrogen and oxygen atoms in total. The van der Waals surface area contributed by atoms with E-state index in [0.29, 0.717) is 12.2 Å². The van der Waals surface area contributed by atoms with Crippen LogP contribution in [0.2, 0.25) is 0 Å². The maximum atomic E-state index is 11.2. The fourth-order valence-corrected chi connectivity index (χ4v) is 1.25. The van der Waals surface area contributed by atoms with Gasteiger partial charge in [0.2, 0.25) is 0 Å². The summed E-state index contributed by atoms with van der Waals surface area (Å²) in [6.45, 7) is 5.88. The Bertz CT molecular complexity index is 302. The number of cyclic esters (lactones) is 1. The lowest BCUT2D eigenvalue weighted by Gasteiger charge is -2.36. The SMILES string of the molecule is CCCCOC(=O)/C=C1\C(=O)OC1(C)C. The Kier molecular flexibility index (Phi) is 3.50. The van der Waals surface area contributed by atoms with Crippen molar-refractivity contribution in [3.63, 3.8) is 0 Å². The van der Waals surface area contributed by atoms with Gasteiger partial charge in [0.25, 0.3) is 0 Å². The number of ether oxygens (including phenoxy) is 2. The first-order valence-electron chi connectivity index (χ1n) is 5.09. The summed E-state index contributed by atoms with van der Waals surface area (Å²) in [4.78, 5) is 22.3. The highest BCUT2D eigenvalue weighted by atomic mass is 16.6. The third-order valence-electron chi connectivity index (χ3n) is 2.22. The van der Waals surface area contributed by atoms with Crippen LogP contribution < -0.4 is 0 Å². The number of carbonyl (C=O) groups is 2. The number of rotatable bonds is 4. The van der Waals surface area contributed by atoms with Gasteiger partial charge in [-0.2, -0.15) is 0 Å². The molecule has 4 heteroatoms. The summed E-state index contributed by atoms with van der Waals surface area (Å²) in [5, 5.41) is 0. The molecule has 1 aliphatic rings. The monoisotopic (exact) mass is 212 g/mol. The molecule has 1 fully saturated rings. The molecule has 1 heterocycles. The Morgan fingerprint density at radius 2 is 2.20 bits per heavy atom. The van der Waals surface area contributed by atoms with Crippen LogP contribution in [-0.2, 0) is 19.1 Å². The minimum atomic E-state index is -0.652. The second-order valence-electron chi connectivity index (χ2n) is 3.98. The molecule has 0 amide bonds. The van der Waals surface area contributed by atoms with Gasteiger partial charge < -0.3 is 9.47 Å². The molecular formula is C11H16O4. The molecule has 1 aliphatic heterocycles. The zero-order valence-corrected chi connectivity index (χ0v) is 9.33. The van der Waals surface area contributed by atoms with Crippen molar-refractivity contribution in [1.82, 2.24) is 0 Å². The molecule has 1 saturated heterocycles. The van der Waals surface area contributed by atoms with Gasteiger partial charge in [0.15, 0.2) is 0 Å². The summed E-state index contributed by atoms with van der Waals surface area (Å²) in [6.07, 6.45) is 3.03. The first-order chi connectivity index (χ1) is 6.97. The maximum Gasteiger partial charge on any atom is 0.339 e. The van der Waals surface area contributed by atoms with E-state index >= 15 is 0 Å². The molecule has 0 aromatic heterocycles. The predicted molar refractivity (Wildman–Crippen MR) is 54.1 cm³/mol. The largest absolute Gasteiger partial charge is 0.463 e. The van der Waals surface area contributed by atoms with Crippen molar-refractivity contribution in [2.75, 3.05) is 6.61 Å². The van der Waals surface area contributed by atoms with Gasteiger partial charge in [0.05, 0.1) is 12.2 Å². The highest BCUT2D eigenvalue weighted by molar-refractivity contribution is 6.02. The fraction of sp³-hybridized carbons (Fsp3) is 0.636. The molecule has 1 rings (SSSR count). The van der Waals surface area contributed by atoms with Gasteiger partial charge in [-0.3, -0.25) is 0 Å². The minimum Gasteiger partial charge on any atom is -0.463 e. The van der Waals surface area contributed by atoms with Crippen LogP contribution in [0, 0.1) is 0 Å². The predicted octanol–water partition coefficient (Wildman–Crippen LogP) is 1.59. The minimum absolute atomic E-state index is 0.379. The Morgan fingerprint density at radius 1 is 1.53 bits per heavy atom. The second kappa shape index (κ2) is 4.47. The van der Waals surface area contributed by atoms with Crippen molar-refractivity contribution < 1.29 is 19.1 Å². The van der Waals surface area contributed by atoms with E-state index < -0.39 is 17.5 Å². The quantitative estimate of drug-likeness (QED) is 0.403. The molecule has 0 unspecified atom stereocenters. The average Bonchev–Trinajstić information content (AvgIpc) is 2.14. The third-order valence-corrected chi connectivity index (χ3v) is 2.22. The number of esters is 2. The highest BCUT2D eigenvalue weighted by Crippen LogP contribution is 2.32. The lowest BCUT2D eigenvalue weighted by Crippen LogP contribution is -2.46. The van der Waals surface area contributed by atoms with E-state index in [2.05, 4.69) is 0 Å². The van der Waals surface area contributed by atoms with Crippen LogP contribution in [0.25, 0.3) is 0 Å². The average molecular weight is 212 g/mol. The molecule has 84 valence electrons. The molecular weight excluding hydrogens is 196 g/mol. The summed E-state index contributed by atoms with van der Waals surface area (Å²) >= 11 is 0. The topological polar surface area (TPSA) is 52.6 Å². The molecule has 0 bridgehead atoms. The van der Waals surface area contributed by atoms with Gasteiger partial charge in [-0.15, -0.1) is 0 Å².